The van der Waals surface area contributed by atoms with Gasteiger partial charge in [-0.2, -0.15) is 0 Å². The highest BCUT2D eigenvalue weighted by Gasteiger charge is 2.12. The molecule has 0 amide bonds. The summed E-state index contributed by atoms with van der Waals surface area (Å²) < 4.78 is 6.44. The predicted octanol–water partition coefficient (Wildman–Crippen LogP) is 4.16. The summed E-state index contributed by atoms with van der Waals surface area (Å²) in [6.07, 6.45) is 1.45. The standard InChI is InChI=1S/C18H16N6OS/c1-25-13-8-4-2-6-11(13)22-16-15(19)17(21-10-20-16)24-18-23-12-7-3-5-9-14(12)26-18/h2-10H,19H2,1H3,(H2,20,21,22,23,24). The fourth-order valence-electron chi connectivity index (χ4n) is 2.50. The molecule has 4 N–H and O–H groups in total. The van der Waals surface area contributed by atoms with Gasteiger partial charge in [0.05, 0.1) is 23.0 Å². The summed E-state index contributed by atoms with van der Waals surface area (Å²) in [4.78, 5) is 13.0. The van der Waals surface area contributed by atoms with Crippen molar-refractivity contribution in [3.05, 3.63) is 54.9 Å². The van der Waals surface area contributed by atoms with Gasteiger partial charge in [0.25, 0.3) is 0 Å². The maximum atomic E-state index is 6.25. The van der Waals surface area contributed by atoms with Crippen LogP contribution in [-0.2, 0) is 0 Å². The number of fused-ring (bicyclic) bond motifs is 1. The third-order valence-corrected chi connectivity index (χ3v) is 4.72. The molecule has 7 nitrogen and oxygen atoms in total. The van der Waals surface area contributed by atoms with Crippen LogP contribution in [0.1, 0.15) is 0 Å². The van der Waals surface area contributed by atoms with Crippen LogP contribution < -0.4 is 21.1 Å². The Morgan fingerprint density at radius 1 is 0.962 bits per heavy atom. The molecule has 0 aliphatic rings. The van der Waals surface area contributed by atoms with Crippen LogP contribution in [0.5, 0.6) is 5.75 Å². The summed E-state index contributed by atoms with van der Waals surface area (Å²) in [5.74, 6) is 1.69. The Morgan fingerprint density at radius 2 is 1.69 bits per heavy atom. The molecule has 2 aromatic carbocycles. The summed E-state index contributed by atoms with van der Waals surface area (Å²) >= 11 is 1.54. The third kappa shape index (κ3) is 3.09. The van der Waals surface area contributed by atoms with E-state index in [-0.39, 0.29) is 0 Å². The van der Waals surface area contributed by atoms with Gasteiger partial charge in [-0.3, -0.25) is 0 Å². The first-order valence-electron chi connectivity index (χ1n) is 7.87. The second-order valence-corrected chi connectivity index (χ2v) is 6.45. The number of rotatable bonds is 5. The molecule has 0 unspecified atom stereocenters. The largest absolute Gasteiger partial charge is 0.495 e. The number of para-hydroxylation sites is 3. The molecule has 4 aromatic rings. The maximum Gasteiger partial charge on any atom is 0.189 e. The van der Waals surface area contributed by atoms with Crippen LogP contribution in [0.4, 0.5) is 28.1 Å². The van der Waals surface area contributed by atoms with Crippen molar-refractivity contribution in [3.63, 3.8) is 0 Å². The number of methoxy groups -OCH3 is 1. The van der Waals surface area contributed by atoms with Crippen LogP contribution in [0, 0.1) is 0 Å². The van der Waals surface area contributed by atoms with E-state index in [1.165, 1.54) is 17.7 Å². The maximum absolute atomic E-state index is 6.25. The van der Waals surface area contributed by atoms with E-state index in [4.69, 9.17) is 10.5 Å². The van der Waals surface area contributed by atoms with Crippen LogP contribution in [0.3, 0.4) is 0 Å². The second kappa shape index (κ2) is 6.85. The average Bonchev–Trinajstić information content (AvgIpc) is 3.08. The second-order valence-electron chi connectivity index (χ2n) is 5.42. The number of benzene rings is 2. The number of nitrogens with one attached hydrogen (secondary N) is 2. The minimum atomic E-state index is 0.401. The summed E-state index contributed by atoms with van der Waals surface area (Å²) in [5, 5.41) is 7.08. The zero-order chi connectivity index (χ0) is 17.9. The van der Waals surface area contributed by atoms with Gasteiger partial charge in [-0.1, -0.05) is 35.6 Å². The molecular weight excluding hydrogens is 348 g/mol. The summed E-state index contributed by atoms with van der Waals surface area (Å²) in [6, 6.07) is 15.5. The number of nitrogen functional groups attached to an aromatic ring is 1. The number of anilines is 5. The topological polar surface area (TPSA) is 98.0 Å². The summed E-state index contributed by atoms with van der Waals surface area (Å²) in [5.41, 5.74) is 8.35. The van der Waals surface area contributed by atoms with Crippen LogP contribution in [0.2, 0.25) is 0 Å². The van der Waals surface area contributed by atoms with Gasteiger partial charge in [0, 0.05) is 0 Å². The van der Waals surface area contributed by atoms with Gasteiger partial charge in [-0.15, -0.1) is 0 Å². The van der Waals surface area contributed by atoms with Crippen LogP contribution in [0.15, 0.2) is 54.9 Å². The SMILES string of the molecule is COc1ccccc1Nc1ncnc(Nc2nc3ccccc3s2)c1N. The molecule has 0 fully saturated rings. The first-order chi connectivity index (χ1) is 12.7. The van der Waals surface area contributed by atoms with Crippen LogP contribution >= 0.6 is 11.3 Å². The van der Waals surface area contributed by atoms with E-state index < -0.39 is 0 Å². The van der Waals surface area contributed by atoms with Crippen molar-refractivity contribution >= 4 is 49.7 Å². The molecular formula is C18H16N6OS. The Hall–Kier alpha value is -3.39. The average molecular weight is 364 g/mol. The highest BCUT2D eigenvalue weighted by Crippen LogP contribution is 2.33. The number of hydrogen-bond acceptors (Lipinski definition) is 8. The van der Waals surface area contributed by atoms with Gasteiger partial charge in [-0.25, -0.2) is 15.0 Å². The molecule has 0 saturated heterocycles. The van der Waals surface area contributed by atoms with E-state index in [9.17, 15) is 0 Å². The van der Waals surface area contributed by atoms with Crippen LogP contribution in [0.25, 0.3) is 10.2 Å². The molecule has 2 heterocycles. The van der Waals surface area contributed by atoms with Crippen molar-refractivity contribution in [3.8, 4) is 5.75 Å². The molecule has 26 heavy (non-hydrogen) atoms. The lowest BCUT2D eigenvalue weighted by Crippen LogP contribution is -2.05. The molecule has 0 atom stereocenters. The van der Waals surface area contributed by atoms with Crippen molar-refractivity contribution in [1.29, 1.82) is 0 Å². The Kier molecular flexibility index (Phi) is 4.24. The van der Waals surface area contributed by atoms with Crippen molar-refractivity contribution in [1.82, 2.24) is 15.0 Å². The molecule has 0 aliphatic heterocycles. The fraction of sp³-hybridized carbons (Fsp3) is 0.0556. The lowest BCUT2D eigenvalue weighted by molar-refractivity contribution is 0.417. The minimum Gasteiger partial charge on any atom is -0.495 e. The van der Waals surface area contributed by atoms with Crippen molar-refractivity contribution < 1.29 is 4.74 Å². The van der Waals surface area contributed by atoms with Gasteiger partial charge < -0.3 is 21.1 Å². The van der Waals surface area contributed by atoms with E-state index >= 15 is 0 Å². The molecule has 0 saturated carbocycles. The van der Waals surface area contributed by atoms with E-state index in [2.05, 4.69) is 25.6 Å². The highest BCUT2D eigenvalue weighted by atomic mass is 32.1. The number of ether oxygens (including phenoxy) is 1. The molecule has 2 aromatic heterocycles. The smallest absolute Gasteiger partial charge is 0.189 e. The number of nitrogens with zero attached hydrogens (tertiary/aromatic N) is 3. The Balaban J connectivity index is 1.63. The molecule has 4 rings (SSSR count). The van der Waals surface area contributed by atoms with Gasteiger partial charge in [0.2, 0.25) is 0 Å². The molecule has 0 bridgehead atoms. The van der Waals surface area contributed by atoms with Crippen molar-refractivity contribution in [2.24, 2.45) is 0 Å². The Bertz CT molecular complexity index is 1030. The molecule has 130 valence electrons. The lowest BCUT2D eigenvalue weighted by Gasteiger charge is -2.13. The number of aromatic nitrogens is 3. The van der Waals surface area contributed by atoms with Crippen molar-refractivity contribution in [2.45, 2.75) is 0 Å². The normalized spacial score (nSPS) is 10.7. The van der Waals surface area contributed by atoms with Gasteiger partial charge in [0.15, 0.2) is 16.8 Å². The molecule has 8 heteroatoms. The minimum absolute atomic E-state index is 0.401. The fourth-order valence-corrected chi connectivity index (χ4v) is 3.36. The first kappa shape index (κ1) is 16.1. The third-order valence-electron chi connectivity index (χ3n) is 3.76. The summed E-state index contributed by atoms with van der Waals surface area (Å²) in [7, 11) is 1.62. The Labute approximate surface area is 153 Å². The van der Waals surface area contributed by atoms with Gasteiger partial charge >= 0.3 is 0 Å². The zero-order valence-corrected chi connectivity index (χ0v) is 14.7. The van der Waals surface area contributed by atoms with Crippen LogP contribution in [-0.4, -0.2) is 22.1 Å². The zero-order valence-electron chi connectivity index (χ0n) is 13.9. The van der Waals surface area contributed by atoms with E-state index in [0.29, 0.717) is 23.1 Å². The van der Waals surface area contributed by atoms with E-state index in [1.54, 1.807) is 7.11 Å². The van der Waals surface area contributed by atoms with Crippen molar-refractivity contribution in [2.75, 3.05) is 23.5 Å². The monoisotopic (exact) mass is 364 g/mol. The molecule has 0 radical (unpaired) electrons. The first-order valence-corrected chi connectivity index (χ1v) is 8.69. The number of hydrogen-bond donors (Lipinski definition) is 3. The number of nitrogens with two attached hydrogens (primary N) is 1. The lowest BCUT2D eigenvalue weighted by atomic mass is 10.3. The van der Waals surface area contributed by atoms with E-state index in [0.717, 1.165) is 21.0 Å². The summed E-state index contributed by atoms with van der Waals surface area (Å²) in [6.45, 7) is 0. The van der Waals surface area contributed by atoms with E-state index in [1.807, 2.05) is 48.5 Å². The number of thiazole rings is 1. The Morgan fingerprint density at radius 3 is 2.50 bits per heavy atom. The quantitative estimate of drug-likeness (QED) is 0.489. The van der Waals surface area contributed by atoms with Gasteiger partial charge in [0.1, 0.15) is 17.8 Å². The van der Waals surface area contributed by atoms with Gasteiger partial charge in [-0.05, 0) is 24.3 Å². The molecule has 0 aliphatic carbocycles. The predicted molar refractivity (Wildman–Crippen MR) is 106 cm³/mol. The molecule has 0 spiro atoms. The highest BCUT2D eigenvalue weighted by molar-refractivity contribution is 7.22.